The average Bonchev–Trinajstić information content (AvgIpc) is 2.72. The quantitative estimate of drug-likeness (QED) is 0.300. The molecule has 0 saturated carbocycles. The minimum atomic E-state index is 0. The maximum Gasteiger partial charge on any atom is 0.253 e. The average molecular weight is 524 g/mol. The topological polar surface area (TPSA) is 66.0 Å². The number of methoxy groups -OCH3 is 1. The molecule has 0 fully saturated rings. The summed E-state index contributed by atoms with van der Waals surface area (Å²) in [4.78, 5) is 18.4. The number of hydrogen-bond acceptors (Lipinski definition) is 3. The molecule has 0 spiro atoms. The van der Waals surface area contributed by atoms with E-state index in [1.807, 2.05) is 43.3 Å². The summed E-state index contributed by atoms with van der Waals surface area (Å²) >= 11 is 0. The lowest BCUT2D eigenvalue weighted by Crippen LogP contribution is -2.38. The van der Waals surface area contributed by atoms with E-state index in [1.165, 1.54) is 0 Å². The van der Waals surface area contributed by atoms with Crippen molar-refractivity contribution in [2.45, 2.75) is 26.5 Å². The standard InChI is InChI=1S/C23H32N4O2.HI/c1-5-24-23(26-16-20-10-6-7-11-21(20)17-29-4)25-14-13-18-9-8-12-19(15-18)22(28)27(2)3;/h6-12,15H,5,13-14,16-17H2,1-4H3,(H2,24,25,26);1H. The lowest BCUT2D eigenvalue weighted by atomic mass is 10.1. The van der Waals surface area contributed by atoms with Crippen LogP contribution in [0.5, 0.6) is 0 Å². The lowest BCUT2D eigenvalue weighted by molar-refractivity contribution is 0.0827. The third-order valence-electron chi connectivity index (χ3n) is 4.46. The van der Waals surface area contributed by atoms with Gasteiger partial charge < -0.3 is 20.3 Å². The number of aliphatic imine (C=N–C) groups is 1. The molecule has 6 nitrogen and oxygen atoms in total. The van der Waals surface area contributed by atoms with Crippen molar-refractivity contribution in [1.29, 1.82) is 0 Å². The minimum Gasteiger partial charge on any atom is -0.380 e. The Morgan fingerprint density at radius 3 is 2.47 bits per heavy atom. The molecule has 164 valence electrons. The molecule has 0 radical (unpaired) electrons. The fourth-order valence-electron chi connectivity index (χ4n) is 2.96. The van der Waals surface area contributed by atoms with Crippen molar-refractivity contribution in [3.63, 3.8) is 0 Å². The van der Waals surface area contributed by atoms with Crippen LogP contribution in [0.1, 0.15) is 34.0 Å². The van der Waals surface area contributed by atoms with Crippen molar-refractivity contribution in [2.75, 3.05) is 34.3 Å². The number of rotatable bonds is 9. The van der Waals surface area contributed by atoms with Gasteiger partial charge in [-0.25, -0.2) is 4.99 Å². The van der Waals surface area contributed by atoms with Crippen LogP contribution in [-0.4, -0.2) is 51.1 Å². The van der Waals surface area contributed by atoms with Gasteiger partial charge in [0.05, 0.1) is 13.2 Å². The highest BCUT2D eigenvalue weighted by Crippen LogP contribution is 2.11. The Hall–Kier alpha value is -2.13. The molecule has 0 heterocycles. The normalized spacial score (nSPS) is 10.9. The Balaban J connectivity index is 0.00000450. The fraction of sp³-hybridized carbons (Fsp3) is 0.391. The van der Waals surface area contributed by atoms with Crippen molar-refractivity contribution < 1.29 is 9.53 Å². The summed E-state index contributed by atoms with van der Waals surface area (Å²) in [5.74, 6) is 0.796. The number of carbonyl (C=O) groups is 1. The van der Waals surface area contributed by atoms with Crippen molar-refractivity contribution in [3.8, 4) is 0 Å². The molecule has 2 aromatic carbocycles. The van der Waals surface area contributed by atoms with Crippen molar-refractivity contribution in [3.05, 3.63) is 70.8 Å². The predicted molar refractivity (Wildman–Crippen MR) is 134 cm³/mol. The van der Waals surface area contributed by atoms with Crippen LogP contribution in [0.25, 0.3) is 0 Å². The third kappa shape index (κ3) is 8.31. The van der Waals surface area contributed by atoms with Gasteiger partial charge in [-0.2, -0.15) is 0 Å². The summed E-state index contributed by atoms with van der Waals surface area (Å²) in [5, 5.41) is 6.66. The first-order valence-corrected chi connectivity index (χ1v) is 9.93. The molecule has 0 aliphatic heterocycles. The van der Waals surface area contributed by atoms with E-state index in [9.17, 15) is 4.79 Å². The summed E-state index contributed by atoms with van der Waals surface area (Å²) in [6, 6.07) is 16.0. The monoisotopic (exact) mass is 524 g/mol. The van der Waals surface area contributed by atoms with Crippen LogP contribution in [0.3, 0.4) is 0 Å². The number of carbonyl (C=O) groups excluding carboxylic acids is 1. The zero-order valence-corrected chi connectivity index (χ0v) is 20.6. The summed E-state index contributed by atoms with van der Waals surface area (Å²) in [6.45, 7) is 4.73. The molecule has 7 heteroatoms. The van der Waals surface area contributed by atoms with Gasteiger partial charge in [-0.15, -0.1) is 24.0 Å². The van der Waals surface area contributed by atoms with Gasteiger partial charge in [-0.3, -0.25) is 4.79 Å². The number of nitrogens with one attached hydrogen (secondary N) is 2. The lowest BCUT2D eigenvalue weighted by Gasteiger charge is -2.13. The fourth-order valence-corrected chi connectivity index (χ4v) is 2.96. The van der Waals surface area contributed by atoms with Crippen LogP contribution in [-0.2, 0) is 24.3 Å². The molecule has 0 unspecified atom stereocenters. The zero-order chi connectivity index (χ0) is 21.1. The number of benzene rings is 2. The summed E-state index contributed by atoms with van der Waals surface area (Å²) in [5.41, 5.74) is 4.13. The van der Waals surface area contributed by atoms with Crippen LogP contribution in [0.4, 0.5) is 0 Å². The maximum absolute atomic E-state index is 12.1. The van der Waals surface area contributed by atoms with Gasteiger partial charge in [0.1, 0.15) is 0 Å². The van der Waals surface area contributed by atoms with Crippen LogP contribution in [0, 0.1) is 0 Å². The number of halogens is 1. The predicted octanol–water partition coefficient (Wildman–Crippen LogP) is 3.45. The molecule has 30 heavy (non-hydrogen) atoms. The van der Waals surface area contributed by atoms with Gasteiger partial charge in [-0.05, 0) is 42.2 Å². The van der Waals surface area contributed by atoms with Gasteiger partial charge >= 0.3 is 0 Å². The Kier molecular flexibility index (Phi) is 12.1. The smallest absolute Gasteiger partial charge is 0.253 e. The van der Waals surface area contributed by atoms with E-state index >= 15 is 0 Å². The molecule has 0 saturated heterocycles. The minimum absolute atomic E-state index is 0. The Labute approximate surface area is 197 Å². The zero-order valence-electron chi connectivity index (χ0n) is 18.3. The first-order chi connectivity index (χ1) is 14.0. The van der Waals surface area contributed by atoms with Gasteiger partial charge in [0.25, 0.3) is 5.91 Å². The first-order valence-electron chi connectivity index (χ1n) is 9.93. The SMILES string of the molecule is CCNC(=NCc1ccccc1COC)NCCc1cccc(C(=O)N(C)C)c1.I. The molecule has 1 amide bonds. The highest BCUT2D eigenvalue weighted by molar-refractivity contribution is 14.0. The second-order valence-corrected chi connectivity index (χ2v) is 6.97. The number of hydrogen-bond donors (Lipinski definition) is 2. The van der Waals surface area contributed by atoms with E-state index in [4.69, 9.17) is 9.73 Å². The number of amides is 1. The third-order valence-corrected chi connectivity index (χ3v) is 4.46. The summed E-state index contributed by atoms with van der Waals surface area (Å²) < 4.78 is 5.27. The maximum atomic E-state index is 12.1. The molecule has 2 rings (SSSR count). The molecule has 0 aromatic heterocycles. The first kappa shape index (κ1) is 25.9. The number of ether oxygens (including phenoxy) is 1. The molecule has 2 aromatic rings. The Bertz CT molecular complexity index is 824. The second kappa shape index (κ2) is 14.0. The van der Waals surface area contributed by atoms with Crippen LogP contribution in [0.15, 0.2) is 53.5 Å². The highest BCUT2D eigenvalue weighted by Gasteiger charge is 2.08. The van der Waals surface area contributed by atoms with Crippen molar-refractivity contribution in [2.24, 2.45) is 4.99 Å². The Morgan fingerprint density at radius 2 is 1.80 bits per heavy atom. The van der Waals surface area contributed by atoms with Crippen LogP contribution < -0.4 is 10.6 Å². The number of nitrogens with zero attached hydrogens (tertiary/aromatic N) is 2. The summed E-state index contributed by atoms with van der Waals surface area (Å²) in [6.07, 6.45) is 0.805. The van der Waals surface area contributed by atoms with E-state index in [-0.39, 0.29) is 29.9 Å². The van der Waals surface area contributed by atoms with Crippen LogP contribution >= 0.6 is 24.0 Å². The van der Waals surface area contributed by atoms with Gasteiger partial charge in [-0.1, -0.05) is 36.4 Å². The van der Waals surface area contributed by atoms with Gasteiger partial charge in [0.15, 0.2) is 5.96 Å². The van der Waals surface area contributed by atoms with E-state index in [2.05, 4.69) is 22.8 Å². The largest absolute Gasteiger partial charge is 0.380 e. The summed E-state index contributed by atoms with van der Waals surface area (Å²) in [7, 11) is 5.23. The van der Waals surface area contributed by atoms with E-state index in [1.54, 1.807) is 26.1 Å². The number of guanidine groups is 1. The Morgan fingerprint density at radius 1 is 1.07 bits per heavy atom. The molecule has 0 aliphatic carbocycles. The highest BCUT2D eigenvalue weighted by atomic mass is 127. The molecular formula is C23H33IN4O2. The van der Waals surface area contributed by atoms with E-state index in [0.29, 0.717) is 18.7 Å². The molecule has 2 N–H and O–H groups in total. The van der Waals surface area contributed by atoms with Crippen molar-refractivity contribution in [1.82, 2.24) is 15.5 Å². The molecule has 0 atom stereocenters. The van der Waals surface area contributed by atoms with E-state index < -0.39 is 0 Å². The second-order valence-electron chi connectivity index (χ2n) is 6.97. The van der Waals surface area contributed by atoms with E-state index in [0.717, 1.165) is 42.2 Å². The van der Waals surface area contributed by atoms with Crippen molar-refractivity contribution >= 4 is 35.8 Å². The van der Waals surface area contributed by atoms with Crippen LogP contribution in [0.2, 0.25) is 0 Å². The van der Waals surface area contributed by atoms with Gasteiger partial charge in [0, 0.05) is 39.9 Å². The molecule has 0 bridgehead atoms. The molecule has 0 aliphatic rings. The van der Waals surface area contributed by atoms with Gasteiger partial charge in [0.2, 0.25) is 0 Å². The molecular weight excluding hydrogens is 491 g/mol.